The van der Waals surface area contributed by atoms with E-state index < -0.39 is 0 Å². The minimum atomic E-state index is -0.302. The topological polar surface area (TPSA) is 11.4 Å². The molecule has 114 heavy (non-hydrogen) atoms. The number of benzene rings is 15. The first-order valence-corrected chi connectivity index (χ1v) is 41.6. The Morgan fingerprint density at radius 1 is 0.298 bits per heavy atom. The number of nitrogens with zero attached hydrogens (tertiary/aromatic N) is 3. The van der Waals surface area contributed by atoms with Crippen molar-refractivity contribution in [2.75, 3.05) is 9.80 Å². The fourth-order valence-corrected chi connectivity index (χ4v) is 20.2. The van der Waals surface area contributed by atoms with Crippen LogP contribution < -0.4 is 26.2 Å². The van der Waals surface area contributed by atoms with E-state index in [0.29, 0.717) is 0 Å². The van der Waals surface area contributed by atoms with Gasteiger partial charge in [0.2, 0.25) is 0 Å². The normalized spacial score (nSPS) is 13.7. The number of hydrogen-bond acceptors (Lipinski definition) is 3. The van der Waals surface area contributed by atoms with E-state index in [2.05, 4.69) is 427 Å². The molecule has 0 spiro atoms. The lowest BCUT2D eigenvalue weighted by Gasteiger charge is -2.46. The van der Waals surface area contributed by atoms with Gasteiger partial charge in [-0.1, -0.05) is 340 Å². The predicted octanol–water partition coefficient (Wildman–Crippen LogP) is 28.7. The largest absolute Gasteiger partial charge is 0.310 e. The summed E-state index contributed by atoms with van der Waals surface area (Å²) < 4.78 is 5.18. The highest BCUT2D eigenvalue weighted by molar-refractivity contribution is 7.26. The van der Waals surface area contributed by atoms with Crippen molar-refractivity contribution in [3.8, 4) is 83.6 Å². The maximum Gasteiger partial charge on any atom is 0.252 e. The van der Waals surface area contributed by atoms with Crippen molar-refractivity contribution in [2.24, 2.45) is 0 Å². The van der Waals surface area contributed by atoms with Crippen LogP contribution >= 0.6 is 11.3 Å². The summed E-state index contributed by atoms with van der Waals surface area (Å²) in [5.74, 6) is 0. The highest BCUT2D eigenvalue weighted by Crippen LogP contribution is 2.59. The molecule has 15 aromatic carbocycles. The summed E-state index contributed by atoms with van der Waals surface area (Å²) in [6, 6.07) is 123. The Kier molecular flexibility index (Phi) is 16.2. The van der Waals surface area contributed by atoms with E-state index in [0.717, 1.165) is 73.2 Å². The zero-order chi connectivity index (χ0) is 78.2. The molecular formula is C109H94BN3S. The zero-order valence-electron chi connectivity index (χ0n) is 67.8. The molecule has 2 aromatic heterocycles. The first-order valence-electron chi connectivity index (χ1n) is 40.7. The van der Waals surface area contributed by atoms with Crippen molar-refractivity contribution in [2.45, 2.75) is 124 Å². The lowest BCUT2D eigenvalue weighted by molar-refractivity contribution is 0.589. The van der Waals surface area contributed by atoms with Crippen LogP contribution in [0.4, 0.5) is 34.1 Å². The molecule has 4 heterocycles. The van der Waals surface area contributed by atoms with Crippen LogP contribution in [0.1, 0.15) is 130 Å². The number of rotatable bonds is 9. The Morgan fingerprint density at radius 2 is 0.781 bits per heavy atom. The molecule has 554 valence electrons. The van der Waals surface area contributed by atoms with E-state index in [1.165, 1.54) is 136 Å². The first kappa shape index (κ1) is 71.1. The lowest BCUT2D eigenvalue weighted by atomic mass is 9.33. The number of hydrogen-bond donors (Lipinski definition) is 0. The molecule has 0 N–H and O–H groups in total. The van der Waals surface area contributed by atoms with Gasteiger partial charge in [0.05, 0.1) is 22.4 Å². The molecule has 0 bridgehead atoms. The molecule has 0 unspecified atom stereocenters. The summed E-state index contributed by atoms with van der Waals surface area (Å²) in [7, 11) is 0. The Bertz CT molecular complexity index is 6740. The predicted molar refractivity (Wildman–Crippen MR) is 493 cm³/mol. The van der Waals surface area contributed by atoms with Crippen LogP contribution in [0.3, 0.4) is 0 Å². The van der Waals surface area contributed by atoms with E-state index in [4.69, 9.17) is 0 Å². The second-order valence-corrected chi connectivity index (χ2v) is 37.9. The van der Waals surface area contributed by atoms with Crippen LogP contribution in [0.5, 0.6) is 0 Å². The van der Waals surface area contributed by atoms with Gasteiger partial charge in [0.1, 0.15) is 0 Å². The number of para-hydroxylation sites is 1. The second kappa shape index (κ2) is 26.0. The Labute approximate surface area is 676 Å². The molecule has 17 aromatic rings. The standard InChI is InChI=1S/C109H94BN3S/c1-105(2,3)74-41-30-39-70(57-74)71-51-55-93-91(59-71)110-90-54-52-78(111-92-49-28-25-43-80(92)81-53-56-98-100(104(81)111)83-45-26-29-50-97(83)114-98)66-94(90)113(102-84(67-33-18-15-19-34-67)62-76(107(7,8)9)63-85(102)68-35-20-16-21-36-68)96-61-73(79-46-32-48-89-99(79)82-44-24-27-47-88(82)109(89,13)14)60-95(101(96)110)112(93)103-86(69-37-22-17-23-38-69)64-77(108(10,11)12)65-87(103)72-40-31-42-75(58-72)106(4,5)6/h15-66H,1-14H3. The maximum absolute atomic E-state index is 2.79. The van der Waals surface area contributed by atoms with Crippen LogP contribution in [0.25, 0.3) is 126 Å². The molecule has 2 aliphatic heterocycles. The quantitative estimate of drug-likeness (QED) is 0.133. The number of fused-ring (bicyclic) bond motifs is 14. The van der Waals surface area contributed by atoms with Gasteiger partial charge in [0, 0.05) is 87.1 Å². The fraction of sp³-hybridized carbons (Fsp3) is 0.174. The molecule has 3 aliphatic rings. The maximum atomic E-state index is 2.79. The van der Waals surface area contributed by atoms with Gasteiger partial charge in [-0.3, -0.25) is 0 Å². The van der Waals surface area contributed by atoms with Gasteiger partial charge in [-0.05, 0) is 200 Å². The van der Waals surface area contributed by atoms with Gasteiger partial charge >= 0.3 is 0 Å². The van der Waals surface area contributed by atoms with Gasteiger partial charge in [-0.15, -0.1) is 11.3 Å². The Hall–Kier alpha value is -12.0. The van der Waals surface area contributed by atoms with Gasteiger partial charge in [0.15, 0.2) is 0 Å². The van der Waals surface area contributed by atoms with Crippen LogP contribution in [0.15, 0.2) is 315 Å². The van der Waals surface area contributed by atoms with Gasteiger partial charge < -0.3 is 14.4 Å². The molecule has 0 saturated carbocycles. The van der Waals surface area contributed by atoms with Crippen LogP contribution in [-0.4, -0.2) is 11.3 Å². The van der Waals surface area contributed by atoms with Crippen molar-refractivity contribution in [1.29, 1.82) is 0 Å². The Balaban J connectivity index is 1.01. The van der Waals surface area contributed by atoms with Gasteiger partial charge in [-0.25, -0.2) is 0 Å². The molecule has 1 aliphatic carbocycles. The highest BCUT2D eigenvalue weighted by Gasteiger charge is 2.47. The molecule has 0 atom stereocenters. The van der Waals surface area contributed by atoms with E-state index in [-0.39, 0.29) is 33.8 Å². The molecular weight excluding hydrogens is 1390 g/mol. The smallest absolute Gasteiger partial charge is 0.252 e. The van der Waals surface area contributed by atoms with E-state index in [1.807, 2.05) is 11.3 Å². The number of anilines is 6. The number of thiophene rings is 1. The SMILES string of the molecule is CC(C)(C)c1cccc(-c2ccc3c(c2)B2c4ccc(-n5c6ccccc6c6ccc7sc8ccccc8c7c65)cc4N(c4c(-c5ccccc5)cc(C(C)(C)C)cc4-c4ccccc4)c4cc(-c5cccc6c5-c5ccccc5C6(C)C)cc(c42)N3c2c(-c3ccccc3)cc(C(C)(C)C)cc2-c2cccc(C(C)(C)C)c2)c1. The molecule has 0 saturated heterocycles. The highest BCUT2D eigenvalue weighted by atomic mass is 32.1. The summed E-state index contributed by atoms with van der Waals surface area (Å²) >= 11 is 1.89. The fourth-order valence-electron chi connectivity index (χ4n) is 19.1. The van der Waals surface area contributed by atoms with Crippen molar-refractivity contribution in [3.05, 3.63) is 349 Å². The molecule has 5 heteroatoms. The number of aromatic nitrogens is 1. The summed E-state index contributed by atoms with van der Waals surface area (Å²) in [5, 5.41) is 5.03. The minimum Gasteiger partial charge on any atom is -0.310 e. The lowest BCUT2D eigenvalue weighted by Crippen LogP contribution is -2.61. The molecule has 0 amide bonds. The van der Waals surface area contributed by atoms with Crippen molar-refractivity contribution in [1.82, 2.24) is 4.57 Å². The summed E-state index contributed by atoms with van der Waals surface area (Å²) in [6.07, 6.45) is 0. The van der Waals surface area contributed by atoms with Gasteiger partial charge in [0.25, 0.3) is 6.71 Å². The molecule has 0 fully saturated rings. The third-order valence-corrected chi connectivity index (χ3v) is 26.3. The second-order valence-electron chi connectivity index (χ2n) is 36.8. The summed E-state index contributed by atoms with van der Waals surface area (Å²) in [4.78, 5) is 5.55. The summed E-state index contributed by atoms with van der Waals surface area (Å²) in [6.45, 7) is 32.9. The zero-order valence-corrected chi connectivity index (χ0v) is 68.7. The third-order valence-electron chi connectivity index (χ3n) is 25.2. The van der Waals surface area contributed by atoms with Crippen LogP contribution in [0.2, 0.25) is 0 Å². The molecule has 3 nitrogen and oxygen atoms in total. The average Bonchev–Trinajstić information content (AvgIpc) is 0.829. The Morgan fingerprint density at radius 3 is 1.39 bits per heavy atom. The summed E-state index contributed by atoms with van der Waals surface area (Å²) in [5.41, 5.74) is 37.5. The van der Waals surface area contributed by atoms with Crippen molar-refractivity contribution >= 4 is 111 Å². The van der Waals surface area contributed by atoms with E-state index >= 15 is 0 Å². The minimum absolute atomic E-state index is 0.0819. The van der Waals surface area contributed by atoms with Crippen molar-refractivity contribution in [3.63, 3.8) is 0 Å². The molecule has 0 radical (unpaired) electrons. The van der Waals surface area contributed by atoms with Crippen molar-refractivity contribution < 1.29 is 0 Å². The van der Waals surface area contributed by atoms with Gasteiger partial charge in [-0.2, -0.15) is 0 Å². The average molecular weight is 1490 g/mol. The monoisotopic (exact) mass is 1490 g/mol. The van der Waals surface area contributed by atoms with E-state index in [9.17, 15) is 0 Å². The third kappa shape index (κ3) is 11.3. The van der Waals surface area contributed by atoms with Crippen LogP contribution in [0, 0.1) is 0 Å². The molecule has 20 rings (SSSR count). The van der Waals surface area contributed by atoms with E-state index in [1.54, 1.807) is 0 Å². The first-order chi connectivity index (χ1) is 54.8. The van der Waals surface area contributed by atoms with Crippen LogP contribution in [-0.2, 0) is 27.1 Å².